The zero-order chi connectivity index (χ0) is 9.56. The summed E-state index contributed by atoms with van der Waals surface area (Å²) < 4.78 is 0. The van der Waals surface area contributed by atoms with Crippen LogP contribution in [0.5, 0.6) is 0 Å². The van der Waals surface area contributed by atoms with Gasteiger partial charge in [-0.25, -0.2) is 4.79 Å². The van der Waals surface area contributed by atoms with Crippen LogP contribution >= 0.6 is 0 Å². The molecule has 2 amide bonds. The zero-order valence-electron chi connectivity index (χ0n) is 7.79. The number of nitrogens with zero attached hydrogens (tertiary/aromatic N) is 2. The number of carbonyl (C=O) groups excluding carboxylic acids is 1. The van der Waals surface area contributed by atoms with Gasteiger partial charge in [0.25, 0.3) is 0 Å². The maximum absolute atomic E-state index is 11.2. The van der Waals surface area contributed by atoms with E-state index in [0.717, 1.165) is 0 Å². The van der Waals surface area contributed by atoms with Gasteiger partial charge in [0.2, 0.25) is 0 Å². The van der Waals surface area contributed by atoms with Crippen molar-refractivity contribution < 1.29 is 4.79 Å². The molecule has 68 valence electrons. The first-order chi connectivity index (χ1) is 5.63. The van der Waals surface area contributed by atoms with Gasteiger partial charge in [-0.2, -0.15) is 5.26 Å². The van der Waals surface area contributed by atoms with Gasteiger partial charge >= 0.3 is 6.03 Å². The van der Waals surface area contributed by atoms with Crippen molar-refractivity contribution in [2.75, 3.05) is 13.6 Å². The predicted molar refractivity (Wildman–Crippen MR) is 46.5 cm³/mol. The lowest BCUT2D eigenvalue weighted by molar-refractivity contribution is 0.195. The van der Waals surface area contributed by atoms with E-state index < -0.39 is 0 Å². The van der Waals surface area contributed by atoms with Crippen LogP contribution in [-0.2, 0) is 0 Å². The Labute approximate surface area is 73.2 Å². The highest BCUT2D eigenvalue weighted by molar-refractivity contribution is 5.74. The molecule has 4 nitrogen and oxygen atoms in total. The summed E-state index contributed by atoms with van der Waals surface area (Å²) in [4.78, 5) is 12.7. The molecule has 0 radical (unpaired) electrons. The Hall–Kier alpha value is -1.24. The van der Waals surface area contributed by atoms with Crippen molar-refractivity contribution in [3.8, 4) is 6.07 Å². The van der Waals surface area contributed by atoms with Crippen LogP contribution in [0.1, 0.15) is 20.3 Å². The third kappa shape index (κ3) is 3.24. The van der Waals surface area contributed by atoms with Crippen molar-refractivity contribution >= 4 is 6.03 Å². The molecule has 1 unspecified atom stereocenters. The van der Waals surface area contributed by atoms with E-state index in [1.54, 1.807) is 7.05 Å². The Balaban J connectivity index is 3.92. The molecule has 0 saturated heterocycles. The Bertz CT molecular complexity index is 185. The van der Waals surface area contributed by atoms with Crippen LogP contribution in [-0.4, -0.2) is 30.6 Å². The number of urea groups is 1. The molecule has 0 aromatic rings. The smallest absolute Gasteiger partial charge is 0.317 e. The average molecular weight is 169 g/mol. The van der Waals surface area contributed by atoms with Crippen LogP contribution in [0.4, 0.5) is 4.79 Å². The maximum atomic E-state index is 11.2. The van der Waals surface area contributed by atoms with E-state index in [0.29, 0.717) is 13.0 Å². The van der Waals surface area contributed by atoms with Crippen molar-refractivity contribution in [3.05, 3.63) is 0 Å². The lowest BCUT2D eigenvalue weighted by atomic mass is 10.2. The molecule has 0 heterocycles. The van der Waals surface area contributed by atoms with Crippen LogP contribution in [0, 0.1) is 11.3 Å². The van der Waals surface area contributed by atoms with Crippen molar-refractivity contribution in [2.45, 2.75) is 26.3 Å². The fourth-order valence-electron chi connectivity index (χ4n) is 0.745. The molecule has 0 saturated carbocycles. The van der Waals surface area contributed by atoms with Crippen LogP contribution in [0.3, 0.4) is 0 Å². The molecule has 1 atom stereocenters. The highest BCUT2D eigenvalue weighted by Crippen LogP contribution is 1.99. The summed E-state index contributed by atoms with van der Waals surface area (Å²) in [6.45, 7) is 4.32. The molecule has 0 fully saturated rings. The van der Waals surface area contributed by atoms with Gasteiger partial charge in [-0.05, 0) is 13.8 Å². The standard InChI is InChI=1S/C8H15N3O/c1-4-10-8(12)11(3)7(2)5-6-9/h7H,4-5H2,1-3H3,(H,10,12). The van der Waals surface area contributed by atoms with E-state index in [4.69, 9.17) is 5.26 Å². The minimum atomic E-state index is -0.125. The SMILES string of the molecule is CCNC(=O)N(C)C(C)CC#N. The highest BCUT2D eigenvalue weighted by Gasteiger charge is 2.13. The van der Waals surface area contributed by atoms with E-state index in [1.807, 2.05) is 19.9 Å². The fourth-order valence-corrected chi connectivity index (χ4v) is 0.745. The first-order valence-electron chi connectivity index (χ1n) is 4.01. The Kier molecular flexibility index (Phi) is 4.86. The van der Waals surface area contributed by atoms with E-state index >= 15 is 0 Å². The van der Waals surface area contributed by atoms with Gasteiger partial charge in [-0.1, -0.05) is 0 Å². The van der Waals surface area contributed by atoms with Gasteiger partial charge < -0.3 is 10.2 Å². The summed E-state index contributed by atoms with van der Waals surface area (Å²) in [5, 5.41) is 11.1. The molecule has 0 aromatic carbocycles. The number of amides is 2. The second-order valence-corrected chi connectivity index (χ2v) is 2.66. The molecule has 0 aromatic heterocycles. The van der Waals surface area contributed by atoms with Crippen molar-refractivity contribution in [1.29, 1.82) is 5.26 Å². The van der Waals surface area contributed by atoms with Gasteiger partial charge in [0.15, 0.2) is 0 Å². The highest BCUT2D eigenvalue weighted by atomic mass is 16.2. The molecule has 0 bridgehead atoms. The van der Waals surface area contributed by atoms with Crippen LogP contribution in [0.2, 0.25) is 0 Å². The maximum Gasteiger partial charge on any atom is 0.317 e. The van der Waals surface area contributed by atoms with E-state index in [2.05, 4.69) is 5.32 Å². The Morgan fingerprint density at radius 3 is 2.75 bits per heavy atom. The molecule has 4 heteroatoms. The molecule has 1 N–H and O–H groups in total. The zero-order valence-corrected chi connectivity index (χ0v) is 7.79. The summed E-state index contributed by atoms with van der Waals surface area (Å²) in [6, 6.07) is 1.87. The quantitative estimate of drug-likeness (QED) is 0.683. The number of hydrogen-bond donors (Lipinski definition) is 1. The Morgan fingerprint density at radius 2 is 2.33 bits per heavy atom. The minimum absolute atomic E-state index is 0.0263. The number of hydrogen-bond acceptors (Lipinski definition) is 2. The summed E-state index contributed by atoms with van der Waals surface area (Å²) in [5.74, 6) is 0. The number of rotatable bonds is 3. The first-order valence-corrected chi connectivity index (χ1v) is 4.01. The molecule has 0 spiro atoms. The topological polar surface area (TPSA) is 56.1 Å². The van der Waals surface area contributed by atoms with Gasteiger partial charge in [0.05, 0.1) is 12.5 Å². The van der Waals surface area contributed by atoms with Crippen LogP contribution in [0.15, 0.2) is 0 Å². The summed E-state index contributed by atoms with van der Waals surface area (Å²) >= 11 is 0. The molecule has 12 heavy (non-hydrogen) atoms. The number of nitriles is 1. The Morgan fingerprint density at radius 1 is 1.75 bits per heavy atom. The average Bonchev–Trinajstić information content (AvgIpc) is 2.04. The van der Waals surface area contributed by atoms with Crippen molar-refractivity contribution in [2.24, 2.45) is 0 Å². The van der Waals surface area contributed by atoms with Gasteiger partial charge in [-0.3, -0.25) is 0 Å². The second kappa shape index (κ2) is 5.42. The van der Waals surface area contributed by atoms with E-state index in [9.17, 15) is 4.79 Å². The van der Waals surface area contributed by atoms with E-state index in [1.165, 1.54) is 4.90 Å². The number of nitrogens with one attached hydrogen (secondary N) is 1. The summed E-state index contributed by atoms with van der Waals surface area (Å²) in [6.07, 6.45) is 0.369. The lowest BCUT2D eigenvalue weighted by Gasteiger charge is -2.22. The van der Waals surface area contributed by atoms with Crippen molar-refractivity contribution in [3.63, 3.8) is 0 Å². The summed E-state index contributed by atoms with van der Waals surface area (Å²) in [7, 11) is 1.69. The molecule has 0 aliphatic heterocycles. The first kappa shape index (κ1) is 10.8. The predicted octanol–water partition coefficient (Wildman–Crippen LogP) is 0.950. The van der Waals surface area contributed by atoms with Crippen LogP contribution in [0.25, 0.3) is 0 Å². The molecule has 0 rings (SSSR count). The monoisotopic (exact) mass is 169 g/mol. The second-order valence-electron chi connectivity index (χ2n) is 2.66. The van der Waals surface area contributed by atoms with Gasteiger partial charge in [-0.15, -0.1) is 0 Å². The van der Waals surface area contributed by atoms with Gasteiger partial charge in [0, 0.05) is 19.6 Å². The molecular weight excluding hydrogens is 154 g/mol. The molecular formula is C8H15N3O. The van der Waals surface area contributed by atoms with Crippen molar-refractivity contribution in [1.82, 2.24) is 10.2 Å². The molecule has 0 aliphatic rings. The largest absolute Gasteiger partial charge is 0.338 e. The van der Waals surface area contributed by atoms with E-state index in [-0.39, 0.29) is 12.1 Å². The molecule has 0 aliphatic carbocycles. The minimum Gasteiger partial charge on any atom is -0.338 e. The third-order valence-corrected chi connectivity index (χ3v) is 1.70. The number of carbonyl (C=O) groups is 1. The summed E-state index contributed by atoms with van der Waals surface area (Å²) in [5.41, 5.74) is 0. The van der Waals surface area contributed by atoms with Gasteiger partial charge in [0.1, 0.15) is 0 Å². The lowest BCUT2D eigenvalue weighted by Crippen LogP contribution is -2.42. The fraction of sp³-hybridized carbons (Fsp3) is 0.750. The third-order valence-electron chi connectivity index (χ3n) is 1.70. The van der Waals surface area contributed by atoms with Crippen LogP contribution < -0.4 is 5.32 Å². The normalized spacial score (nSPS) is 11.5.